The van der Waals surface area contributed by atoms with Gasteiger partial charge in [-0.15, -0.1) is 0 Å². The van der Waals surface area contributed by atoms with E-state index in [0.717, 1.165) is 24.3 Å². The van der Waals surface area contributed by atoms with Gasteiger partial charge < -0.3 is 10.1 Å². The van der Waals surface area contributed by atoms with E-state index in [9.17, 15) is 30.8 Å². The van der Waals surface area contributed by atoms with Gasteiger partial charge in [0.1, 0.15) is 23.1 Å². The molecule has 2 atom stereocenters. The van der Waals surface area contributed by atoms with Crippen molar-refractivity contribution >= 4 is 15.9 Å². The highest BCUT2D eigenvalue weighted by molar-refractivity contribution is 7.89. The lowest BCUT2D eigenvalue weighted by molar-refractivity contribution is -0.139. The summed E-state index contributed by atoms with van der Waals surface area (Å²) in [5.74, 6) is -2.11. The van der Waals surface area contributed by atoms with E-state index in [0.29, 0.717) is 0 Å². The van der Waals surface area contributed by atoms with E-state index in [4.69, 9.17) is 4.74 Å². The molecule has 0 saturated heterocycles. The molecule has 0 aliphatic heterocycles. The van der Waals surface area contributed by atoms with Crippen molar-refractivity contribution < 1.29 is 35.5 Å². The van der Waals surface area contributed by atoms with Crippen LogP contribution in [0.15, 0.2) is 53.4 Å². The molecular formula is C19H20F4N2O4S. The molecule has 2 N–H and O–H groups in total. The van der Waals surface area contributed by atoms with E-state index < -0.39 is 50.5 Å². The number of amides is 1. The second kappa shape index (κ2) is 9.43. The zero-order valence-electron chi connectivity index (χ0n) is 16.0. The molecule has 0 spiro atoms. The molecule has 0 aliphatic carbocycles. The third-order valence-corrected chi connectivity index (χ3v) is 5.50. The Morgan fingerprint density at radius 2 is 1.67 bits per heavy atom. The number of carbonyl (C=O) groups excluding carboxylic acids is 1. The highest BCUT2D eigenvalue weighted by atomic mass is 32.2. The molecule has 2 aromatic carbocycles. The maximum absolute atomic E-state index is 13.7. The van der Waals surface area contributed by atoms with Crippen LogP contribution < -0.4 is 14.8 Å². The van der Waals surface area contributed by atoms with E-state index >= 15 is 0 Å². The zero-order chi connectivity index (χ0) is 22.5. The Labute approximate surface area is 171 Å². The van der Waals surface area contributed by atoms with Gasteiger partial charge in [0.2, 0.25) is 15.9 Å². The fourth-order valence-corrected chi connectivity index (χ4v) is 3.75. The van der Waals surface area contributed by atoms with Crippen LogP contribution in [0.1, 0.15) is 19.4 Å². The topological polar surface area (TPSA) is 84.5 Å². The van der Waals surface area contributed by atoms with Gasteiger partial charge in [0.05, 0.1) is 17.6 Å². The van der Waals surface area contributed by atoms with Gasteiger partial charge in [-0.2, -0.15) is 17.9 Å². The number of nitrogens with one attached hydrogen (secondary N) is 2. The first-order chi connectivity index (χ1) is 13.9. The molecule has 0 bridgehead atoms. The molecule has 2 aromatic rings. The molecule has 0 saturated carbocycles. The summed E-state index contributed by atoms with van der Waals surface area (Å²) in [6, 6.07) is 7.31. The van der Waals surface area contributed by atoms with Crippen LogP contribution in [0, 0.1) is 5.82 Å². The molecular weight excluding hydrogens is 428 g/mol. The molecule has 2 rings (SSSR count). The van der Waals surface area contributed by atoms with E-state index in [2.05, 4.69) is 10.0 Å². The third-order valence-electron chi connectivity index (χ3n) is 3.92. The maximum atomic E-state index is 13.7. The number of ether oxygens (including phenoxy) is 1. The van der Waals surface area contributed by atoms with Crippen LogP contribution in [0.4, 0.5) is 17.6 Å². The number of hydrogen-bond donors (Lipinski definition) is 2. The lowest BCUT2D eigenvalue weighted by Crippen LogP contribution is -2.48. The summed E-state index contributed by atoms with van der Waals surface area (Å²) in [6.07, 6.45) is -4.59. The van der Waals surface area contributed by atoms with Crippen molar-refractivity contribution in [3.8, 4) is 5.75 Å². The monoisotopic (exact) mass is 448 g/mol. The molecule has 0 fully saturated rings. The quantitative estimate of drug-likeness (QED) is 0.608. The summed E-state index contributed by atoms with van der Waals surface area (Å²) >= 11 is 0. The largest absolute Gasteiger partial charge is 0.491 e. The van der Waals surface area contributed by atoms with Gasteiger partial charge in [-0.05, 0) is 38.1 Å². The van der Waals surface area contributed by atoms with E-state index in [1.54, 1.807) is 0 Å². The minimum absolute atomic E-state index is 0.286. The van der Waals surface area contributed by atoms with Crippen molar-refractivity contribution in [2.75, 3.05) is 6.61 Å². The normalized spacial score (nSPS) is 14.1. The minimum Gasteiger partial charge on any atom is -0.491 e. The predicted molar refractivity (Wildman–Crippen MR) is 101 cm³/mol. The third kappa shape index (κ3) is 6.17. The summed E-state index contributed by atoms with van der Waals surface area (Å²) in [7, 11) is -4.29. The van der Waals surface area contributed by atoms with Crippen LogP contribution >= 0.6 is 0 Å². The number of rotatable bonds is 8. The Morgan fingerprint density at radius 3 is 2.30 bits per heavy atom. The fraction of sp³-hybridized carbons (Fsp3) is 0.316. The highest BCUT2D eigenvalue weighted by Crippen LogP contribution is 2.35. The molecule has 164 valence electrons. The Bertz CT molecular complexity index is 996. The first-order valence-corrected chi connectivity index (χ1v) is 10.3. The van der Waals surface area contributed by atoms with Crippen LogP contribution in [-0.2, 0) is 21.0 Å². The van der Waals surface area contributed by atoms with Crippen LogP contribution in [0.2, 0.25) is 0 Å². The van der Waals surface area contributed by atoms with Gasteiger partial charge in [0, 0.05) is 0 Å². The summed E-state index contributed by atoms with van der Waals surface area (Å²) in [4.78, 5) is 11.6. The molecule has 11 heteroatoms. The number of alkyl halides is 3. The van der Waals surface area contributed by atoms with Gasteiger partial charge in [-0.1, -0.05) is 24.3 Å². The molecule has 30 heavy (non-hydrogen) atoms. The van der Waals surface area contributed by atoms with Crippen molar-refractivity contribution in [3.05, 3.63) is 59.9 Å². The van der Waals surface area contributed by atoms with Crippen molar-refractivity contribution in [3.63, 3.8) is 0 Å². The van der Waals surface area contributed by atoms with E-state index in [-0.39, 0.29) is 12.4 Å². The van der Waals surface area contributed by atoms with Gasteiger partial charge >= 0.3 is 6.18 Å². The van der Waals surface area contributed by atoms with E-state index in [1.165, 1.54) is 38.1 Å². The summed E-state index contributed by atoms with van der Waals surface area (Å²) < 4.78 is 84.3. The number of para-hydroxylation sites is 1. The number of halogens is 4. The summed E-state index contributed by atoms with van der Waals surface area (Å²) in [6.45, 7) is 2.44. The highest BCUT2D eigenvalue weighted by Gasteiger charge is 2.34. The Morgan fingerprint density at radius 1 is 1.07 bits per heavy atom. The molecule has 1 amide bonds. The second-order valence-corrected chi connectivity index (χ2v) is 8.17. The standard InChI is InChI=1S/C19H20F4N2O4S/c1-12(11-29-16-9-5-3-7-14(16)19(21,22)23)24-18(26)13(2)25-30(27,28)17-10-6-4-8-15(17)20/h3-10,12-13,25H,11H2,1-2H3,(H,24,26)/t12?,13-/m0/s1. The van der Waals surface area contributed by atoms with Gasteiger partial charge in [0.15, 0.2) is 0 Å². The number of carbonyl (C=O) groups is 1. The Kier molecular flexibility index (Phi) is 7.43. The van der Waals surface area contributed by atoms with Gasteiger partial charge in [0.25, 0.3) is 0 Å². The van der Waals surface area contributed by atoms with Crippen molar-refractivity contribution in [2.24, 2.45) is 0 Å². The second-order valence-electron chi connectivity index (χ2n) is 6.49. The average molecular weight is 448 g/mol. The van der Waals surface area contributed by atoms with Crippen molar-refractivity contribution in [1.82, 2.24) is 10.0 Å². The lowest BCUT2D eigenvalue weighted by atomic mass is 10.2. The Hall–Kier alpha value is -2.66. The lowest BCUT2D eigenvalue weighted by Gasteiger charge is -2.20. The van der Waals surface area contributed by atoms with E-state index in [1.807, 2.05) is 0 Å². The molecule has 0 heterocycles. The predicted octanol–water partition coefficient (Wildman–Crippen LogP) is 3.10. The molecule has 0 radical (unpaired) electrons. The molecule has 0 aliphatic rings. The van der Waals surface area contributed by atoms with Gasteiger partial charge in [-0.25, -0.2) is 12.8 Å². The molecule has 6 nitrogen and oxygen atoms in total. The number of sulfonamides is 1. The first-order valence-electron chi connectivity index (χ1n) is 8.78. The zero-order valence-corrected chi connectivity index (χ0v) is 16.9. The van der Waals surface area contributed by atoms with Crippen molar-refractivity contribution in [1.29, 1.82) is 0 Å². The van der Waals surface area contributed by atoms with Crippen LogP contribution in [0.5, 0.6) is 5.75 Å². The molecule has 1 unspecified atom stereocenters. The maximum Gasteiger partial charge on any atom is 0.419 e. The average Bonchev–Trinajstić information content (AvgIpc) is 2.65. The summed E-state index contributed by atoms with van der Waals surface area (Å²) in [5.41, 5.74) is -0.949. The van der Waals surface area contributed by atoms with Gasteiger partial charge in [-0.3, -0.25) is 4.79 Å². The number of benzene rings is 2. The fourth-order valence-electron chi connectivity index (χ4n) is 2.46. The smallest absolute Gasteiger partial charge is 0.419 e. The van der Waals surface area contributed by atoms with Crippen LogP contribution in [-0.4, -0.2) is 33.0 Å². The minimum atomic E-state index is -4.59. The molecule has 0 aromatic heterocycles. The first kappa shape index (κ1) is 23.6. The SMILES string of the molecule is CC(COc1ccccc1C(F)(F)F)NC(=O)[C@H](C)NS(=O)(=O)c1ccccc1F. The Balaban J connectivity index is 1.95. The van der Waals surface area contributed by atoms with Crippen molar-refractivity contribution in [2.45, 2.75) is 37.0 Å². The van der Waals surface area contributed by atoms with Crippen LogP contribution in [0.25, 0.3) is 0 Å². The number of hydrogen-bond acceptors (Lipinski definition) is 4. The van der Waals surface area contributed by atoms with Crippen LogP contribution in [0.3, 0.4) is 0 Å². The summed E-state index contributed by atoms with van der Waals surface area (Å²) in [5, 5.41) is 2.43.